The topological polar surface area (TPSA) is 54.3 Å². The predicted octanol–water partition coefficient (Wildman–Crippen LogP) is 3.38. The summed E-state index contributed by atoms with van der Waals surface area (Å²) in [6.07, 6.45) is 0.963. The normalized spacial score (nSPS) is 19.2. The van der Waals surface area contributed by atoms with E-state index in [9.17, 15) is 4.79 Å². The third-order valence-electron chi connectivity index (χ3n) is 4.20. The van der Waals surface area contributed by atoms with Crippen molar-refractivity contribution in [2.45, 2.75) is 39.3 Å². The maximum atomic E-state index is 12.0. The van der Waals surface area contributed by atoms with Crippen molar-refractivity contribution in [2.24, 2.45) is 5.92 Å². The molecule has 0 radical (unpaired) electrons. The summed E-state index contributed by atoms with van der Waals surface area (Å²) in [6, 6.07) is 6.34. The first-order valence-corrected chi connectivity index (χ1v) is 8.80. The number of halogens is 1. The van der Waals surface area contributed by atoms with Crippen molar-refractivity contribution in [3.8, 4) is 0 Å². The molecule has 1 aromatic heterocycles. The molecule has 2 heterocycles. The van der Waals surface area contributed by atoms with Crippen molar-refractivity contribution >= 4 is 39.5 Å². The number of hydrogen-bond donors (Lipinski definition) is 2. The third kappa shape index (κ3) is 2.88. The predicted molar refractivity (Wildman–Crippen MR) is 95.8 cm³/mol. The van der Waals surface area contributed by atoms with E-state index in [1.165, 1.54) is 14.5 Å². The minimum atomic E-state index is -0.0113. The van der Waals surface area contributed by atoms with E-state index in [4.69, 9.17) is 4.42 Å². The summed E-state index contributed by atoms with van der Waals surface area (Å²) < 4.78 is 7.30. The Kier molecular flexibility index (Phi) is 4.45. The van der Waals surface area contributed by atoms with Crippen LogP contribution >= 0.6 is 22.6 Å². The van der Waals surface area contributed by atoms with E-state index < -0.39 is 0 Å². The molecule has 0 fully saturated rings. The second-order valence-corrected chi connectivity index (χ2v) is 7.46. The van der Waals surface area contributed by atoms with Gasteiger partial charge in [0.25, 0.3) is 0 Å². The lowest BCUT2D eigenvalue weighted by Gasteiger charge is -2.29. The average molecular weight is 412 g/mol. The van der Waals surface area contributed by atoms with Gasteiger partial charge in [0.2, 0.25) is 5.91 Å². The minimum absolute atomic E-state index is 0.00594. The quantitative estimate of drug-likeness (QED) is 0.761. The Bertz CT molecular complexity index is 708. The molecular formula is C17H21IN2O2. The lowest BCUT2D eigenvalue weighted by molar-refractivity contribution is -0.124. The lowest BCUT2D eigenvalue weighted by atomic mass is 9.95. The summed E-state index contributed by atoms with van der Waals surface area (Å²) in [5, 5.41) is 7.77. The molecule has 3 rings (SSSR count). The zero-order valence-electron chi connectivity index (χ0n) is 13.1. The standard InChI is InChI=1S/C17H21IN2O2/c1-9(2)17(21)20-10(3)15-16-13(6-7-19-15)12-5-4-11(18)8-14(12)22-16/h4-5,8-10,15,19H,6-7H2,1-3H3,(H,20,21). The molecule has 22 heavy (non-hydrogen) atoms. The van der Waals surface area contributed by atoms with Gasteiger partial charge in [-0.3, -0.25) is 4.79 Å². The molecule has 2 atom stereocenters. The zero-order valence-corrected chi connectivity index (χ0v) is 15.2. The molecule has 5 heteroatoms. The highest BCUT2D eigenvalue weighted by Gasteiger charge is 2.31. The number of fused-ring (bicyclic) bond motifs is 3. The summed E-state index contributed by atoms with van der Waals surface area (Å²) in [4.78, 5) is 12.0. The van der Waals surface area contributed by atoms with E-state index in [1.54, 1.807) is 0 Å². The fourth-order valence-electron chi connectivity index (χ4n) is 2.98. The highest BCUT2D eigenvalue weighted by Crippen LogP contribution is 2.35. The number of rotatable bonds is 3. The molecule has 1 aliphatic rings. The Labute approximate surface area is 144 Å². The van der Waals surface area contributed by atoms with Crippen molar-refractivity contribution in [1.29, 1.82) is 0 Å². The van der Waals surface area contributed by atoms with Crippen molar-refractivity contribution in [3.63, 3.8) is 0 Å². The van der Waals surface area contributed by atoms with Crippen LogP contribution in [0, 0.1) is 9.49 Å². The summed E-state index contributed by atoms with van der Waals surface area (Å²) in [6.45, 7) is 6.75. The van der Waals surface area contributed by atoms with E-state index in [1.807, 2.05) is 20.8 Å². The lowest BCUT2D eigenvalue weighted by Crippen LogP contribution is -2.46. The number of amides is 1. The van der Waals surface area contributed by atoms with Gasteiger partial charge in [-0.1, -0.05) is 13.8 Å². The van der Waals surface area contributed by atoms with E-state index in [2.05, 4.69) is 51.4 Å². The molecule has 0 saturated carbocycles. The third-order valence-corrected chi connectivity index (χ3v) is 4.87. The summed E-state index contributed by atoms with van der Waals surface area (Å²) >= 11 is 2.30. The van der Waals surface area contributed by atoms with Gasteiger partial charge < -0.3 is 15.1 Å². The Morgan fingerprint density at radius 1 is 1.41 bits per heavy atom. The second-order valence-electron chi connectivity index (χ2n) is 6.22. The van der Waals surface area contributed by atoms with Gasteiger partial charge >= 0.3 is 0 Å². The number of furan rings is 1. The molecule has 1 aromatic carbocycles. The number of carbonyl (C=O) groups is 1. The van der Waals surface area contributed by atoms with Crippen LogP contribution in [0.2, 0.25) is 0 Å². The van der Waals surface area contributed by atoms with Crippen molar-refractivity contribution in [3.05, 3.63) is 33.1 Å². The van der Waals surface area contributed by atoms with Crippen LogP contribution in [-0.4, -0.2) is 18.5 Å². The molecule has 0 spiro atoms. The number of nitrogens with one attached hydrogen (secondary N) is 2. The fraction of sp³-hybridized carbons (Fsp3) is 0.471. The molecule has 1 aliphatic heterocycles. The van der Waals surface area contributed by atoms with Crippen LogP contribution in [0.5, 0.6) is 0 Å². The Morgan fingerprint density at radius 3 is 2.91 bits per heavy atom. The van der Waals surface area contributed by atoms with Crippen LogP contribution in [0.15, 0.2) is 22.6 Å². The minimum Gasteiger partial charge on any atom is -0.459 e. The van der Waals surface area contributed by atoms with Crippen molar-refractivity contribution in [2.75, 3.05) is 6.54 Å². The highest BCUT2D eigenvalue weighted by molar-refractivity contribution is 14.1. The van der Waals surface area contributed by atoms with Crippen LogP contribution in [0.4, 0.5) is 0 Å². The molecule has 2 unspecified atom stereocenters. The molecule has 4 nitrogen and oxygen atoms in total. The highest BCUT2D eigenvalue weighted by atomic mass is 127. The van der Waals surface area contributed by atoms with Crippen LogP contribution in [0.1, 0.15) is 38.1 Å². The van der Waals surface area contributed by atoms with E-state index >= 15 is 0 Å². The van der Waals surface area contributed by atoms with Crippen molar-refractivity contribution < 1.29 is 9.21 Å². The van der Waals surface area contributed by atoms with Gasteiger partial charge in [0.05, 0.1) is 6.04 Å². The Hall–Kier alpha value is -1.08. The maximum Gasteiger partial charge on any atom is 0.222 e. The number of benzene rings is 1. The molecule has 0 aliphatic carbocycles. The van der Waals surface area contributed by atoms with Gasteiger partial charge in [-0.05, 0) is 54.1 Å². The first-order chi connectivity index (χ1) is 10.5. The SMILES string of the molecule is CC(C)C(=O)NC(C)C1NCCc2c1oc1cc(I)ccc21. The Balaban J connectivity index is 1.94. The molecule has 2 aromatic rings. The van der Waals surface area contributed by atoms with Gasteiger partial charge in [-0.2, -0.15) is 0 Å². The number of hydrogen-bond acceptors (Lipinski definition) is 3. The maximum absolute atomic E-state index is 12.0. The number of carbonyl (C=O) groups excluding carboxylic acids is 1. The van der Waals surface area contributed by atoms with E-state index in [0.717, 1.165) is 24.3 Å². The first-order valence-electron chi connectivity index (χ1n) is 7.72. The van der Waals surface area contributed by atoms with Crippen LogP contribution < -0.4 is 10.6 Å². The van der Waals surface area contributed by atoms with Crippen LogP contribution in [0.25, 0.3) is 11.0 Å². The van der Waals surface area contributed by atoms with Crippen LogP contribution in [-0.2, 0) is 11.2 Å². The van der Waals surface area contributed by atoms with Gasteiger partial charge in [0.1, 0.15) is 11.3 Å². The molecule has 0 bridgehead atoms. The van der Waals surface area contributed by atoms with Gasteiger partial charge in [0, 0.05) is 33.0 Å². The van der Waals surface area contributed by atoms with Crippen LogP contribution in [0.3, 0.4) is 0 Å². The van der Waals surface area contributed by atoms with E-state index in [-0.39, 0.29) is 23.9 Å². The summed E-state index contributed by atoms with van der Waals surface area (Å²) in [5.41, 5.74) is 2.22. The van der Waals surface area contributed by atoms with Gasteiger partial charge in [-0.15, -0.1) is 0 Å². The van der Waals surface area contributed by atoms with Gasteiger partial charge in [-0.25, -0.2) is 0 Å². The summed E-state index contributed by atoms with van der Waals surface area (Å²) in [5.74, 6) is 1.04. The molecule has 0 saturated heterocycles. The first kappa shape index (κ1) is 15.8. The van der Waals surface area contributed by atoms with Gasteiger partial charge in [0.15, 0.2) is 0 Å². The largest absolute Gasteiger partial charge is 0.459 e. The molecule has 118 valence electrons. The van der Waals surface area contributed by atoms with E-state index in [0.29, 0.717) is 0 Å². The average Bonchev–Trinajstić information content (AvgIpc) is 2.83. The Morgan fingerprint density at radius 2 is 2.18 bits per heavy atom. The zero-order chi connectivity index (χ0) is 15.9. The molecule has 1 amide bonds. The molecule has 2 N–H and O–H groups in total. The van der Waals surface area contributed by atoms with Crippen molar-refractivity contribution in [1.82, 2.24) is 10.6 Å². The second kappa shape index (κ2) is 6.20. The summed E-state index contributed by atoms with van der Waals surface area (Å²) in [7, 11) is 0. The molecular weight excluding hydrogens is 391 g/mol. The fourth-order valence-corrected chi connectivity index (χ4v) is 3.44. The smallest absolute Gasteiger partial charge is 0.222 e. The monoisotopic (exact) mass is 412 g/mol.